The molecule has 0 aliphatic heterocycles. The van der Waals surface area contributed by atoms with E-state index < -0.39 is 5.56 Å². The van der Waals surface area contributed by atoms with Crippen LogP contribution in [0, 0.1) is 6.92 Å². The van der Waals surface area contributed by atoms with E-state index in [1.807, 2.05) is 14.0 Å². The summed E-state index contributed by atoms with van der Waals surface area (Å²) >= 11 is 5.84. The minimum Gasteiger partial charge on any atom is -0.378 e. The van der Waals surface area contributed by atoms with Crippen molar-refractivity contribution in [3.8, 4) is 0 Å². The van der Waals surface area contributed by atoms with Crippen LogP contribution in [0.25, 0.3) is 0 Å². The third-order valence-corrected chi connectivity index (χ3v) is 2.98. The Morgan fingerprint density at radius 3 is 2.94 bits per heavy atom. The highest BCUT2D eigenvalue weighted by molar-refractivity contribution is 6.32. The van der Waals surface area contributed by atoms with Crippen LogP contribution in [0.5, 0.6) is 0 Å². The summed E-state index contributed by atoms with van der Waals surface area (Å²) in [5.41, 5.74) is 2.22. The Labute approximate surface area is 103 Å². The Balaban J connectivity index is 2.15. The first-order valence-corrected chi connectivity index (χ1v) is 5.42. The van der Waals surface area contributed by atoms with Crippen molar-refractivity contribution in [1.29, 1.82) is 0 Å². The van der Waals surface area contributed by atoms with Crippen molar-refractivity contribution in [2.75, 3.05) is 5.32 Å². The molecule has 7 heteroatoms. The van der Waals surface area contributed by atoms with Gasteiger partial charge in [0.2, 0.25) is 0 Å². The predicted octanol–water partition coefficient (Wildman–Crippen LogP) is 1.08. The van der Waals surface area contributed by atoms with Gasteiger partial charge in [0.1, 0.15) is 5.02 Å². The molecule has 2 aromatic rings. The average molecular weight is 254 g/mol. The van der Waals surface area contributed by atoms with Gasteiger partial charge in [-0.25, -0.2) is 5.10 Å². The fraction of sp³-hybridized carbons (Fsp3) is 0.300. The zero-order valence-corrected chi connectivity index (χ0v) is 10.2. The van der Waals surface area contributed by atoms with Crippen molar-refractivity contribution in [1.82, 2.24) is 20.0 Å². The van der Waals surface area contributed by atoms with Gasteiger partial charge >= 0.3 is 0 Å². The van der Waals surface area contributed by atoms with Crippen LogP contribution < -0.4 is 10.9 Å². The number of halogens is 1. The van der Waals surface area contributed by atoms with Crippen molar-refractivity contribution in [2.24, 2.45) is 7.05 Å². The quantitative estimate of drug-likeness (QED) is 0.858. The van der Waals surface area contributed by atoms with Gasteiger partial charge in [0, 0.05) is 24.8 Å². The molecule has 17 heavy (non-hydrogen) atoms. The number of hydrogen-bond acceptors (Lipinski definition) is 4. The third-order valence-electron chi connectivity index (χ3n) is 2.60. The van der Waals surface area contributed by atoms with Crippen LogP contribution in [0.4, 0.5) is 5.69 Å². The van der Waals surface area contributed by atoms with Gasteiger partial charge in [0.25, 0.3) is 5.56 Å². The zero-order chi connectivity index (χ0) is 12.4. The van der Waals surface area contributed by atoms with Crippen molar-refractivity contribution in [2.45, 2.75) is 13.5 Å². The van der Waals surface area contributed by atoms with Gasteiger partial charge in [-0.3, -0.25) is 9.48 Å². The summed E-state index contributed by atoms with van der Waals surface area (Å²) in [5, 5.41) is 13.2. The van der Waals surface area contributed by atoms with E-state index in [-0.39, 0.29) is 5.02 Å². The summed E-state index contributed by atoms with van der Waals surface area (Å²) in [4.78, 5) is 11.2. The molecule has 0 fully saturated rings. The second-order valence-corrected chi connectivity index (χ2v) is 4.04. The van der Waals surface area contributed by atoms with Crippen LogP contribution in [0.15, 0.2) is 17.2 Å². The van der Waals surface area contributed by atoms with Crippen molar-refractivity contribution < 1.29 is 0 Å². The van der Waals surface area contributed by atoms with Crippen LogP contribution in [0.3, 0.4) is 0 Å². The van der Waals surface area contributed by atoms with E-state index in [0.29, 0.717) is 12.2 Å². The number of aromatic nitrogens is 4. The molecule has 0 amide bonds. The molecule has 0 unspecified atom stereocenters. The number of aryl methyl sites for hydroxylation is 1. The third kappa shape index (κ3) is 2.31. The first-order valence-electron chi connectivity index (χ1n) is 5.04. The first kappa shape index (κ1) is 11.7. The summed E-state index contributed by atoms with van der Waals surface area (Å²) in [6.45, 7) is 2.52. The minimum atomic E-state index is -0.403. The van der Waals surface area contributed by atoms with Crippen LogP contribution in [-0.2, 0) is 13.6 Å². The molecule has 2 N–H and O–H groups in total. The summed E-state index contributed by atoms with van der Waals surface area (Å²) in [5.74, 6) is 0. The summed E-state index contributed by atoms with van der Waals surface area (Å²) in [6, 6.07) is 0. The SMILES string of the molecule is Cc1c(CNc2cn[nH]c(=O)c2Cl)cnn1C. The van der Waals surface area contributed by atoms with Crippen LogP contribution in [-0.4, -0.2) is 20.0 Å². The Morgan fingerprint density at radius 2 is 2.29 bits per heavy atom. The molecule has 0 atom stereocenters. The summed E-state index contributed by atoms with van der Waals surface area (Å²) in [7, 11) is 1.88. The molecule has 0 saturated heterocycles. The van der Waals surface area contributed by atoms with Crippen LogP contribution >= 0.6 is 11.6 Å². The second-order valence-electron chi connectivity index (χ2n) is 3.66. The maximum absolute atomic E-state index is 11.2. The highest BCUT2D eigenvalue weighted by Crippen LogP contribution is 2.16. The highest BCUT2D eigenvalue weighted by atomic mass is 35.5. The van der Waals surface area contributed by atoms with Crippen LogP contribution in [0.2, 0.25) is 5.02 Å². The van der Waals surface area contributed by atoms with Crippen molar-refractivity contribution in [3.63, 3.8) is 0 Å². The lowest BCUT2D eigenvalue weighted by atomic mass is 10.2. The van der Waals surface area contributed by atoms with E-state index in [1.54, 1.807) is 10.9 Å². The maximum atomic E-state index is 11.2. The number of nitrogens with one attached hydrogen (secondary N) is 2. The average Bonchev–Trinajstić information content (AvgIpc) is 2.62. The minimum absolute atomic E-state index is 0.113. The van der Waals surface area contributed by atoms with Gasteiger partial charge in [-0.1, -0.05) is 11.6 Å². The molecule has 0 aliphatic carbocycles. The molecule has 2 rings (SSSR count). The molecule has 2 heterocycles. The Morgan fingerprint density at radius 1 is 1.53 bits per heavy atom. The van der Waals surface area contributed by atoms with Gasteiger partial charge in [-0.15, -0.1) is 0 Å². The van der Waals surface area contributed by atoms with E-state index in [0.717, 1.165) is 11.3 Å². The highest BCUT2D eigenvalue weighted by Gasteiger charge is 2.07. The molecule has 0 bridgehead atoms. The number of nitrogens with zero attached hydrogens (tertiary/aromatic N) is 3. The molecule has 0 aliphatic rings. The molecule has 2 aromatic heterocycles. The molecule has 0 spiro atoms. The van der Waals surface area contributed by atoms with E-state index in [1.165, 1.54) is 6.20 Å². The van der Waals surface area contributed by atoms with E-state index in [2.05, 4.69) is 20.6 Å². The number of hydrogen-bond donors (Lipinski definition) is 2. The van der Waals surface area contributed by atoms with Crippen LogP contribution in [0.1, 0.15) is 11.3 Å². The topological polar surface area (TPSA) is 75.6 Å². The molecule has 0 radical (unpaired) electrons. The normalized spacial score (nSPS) is 10.5. The largest absolute Gasteiger partial charge is 0.378 e. The predicted molar refractivity (Wildman–Crippen MR) is 65.1 cm³/mol. The number of rotatable bonds is 3. The number of H-pyrrole nitrogens is 1. The van der Waals surface area contributed by atoms with E-state index in [9.17, 15) is 4.79 Å². The lowest BCUT2D eigenvalue weighted by molar-refractivity contribution is 0.738. The molecular formula is C10H12ClN5O. The second kappa shape index (κ2) is 4.58. The summed E-state index contributed by atoms with van der Waals surface area (Å²) < 4.78 is 1.79. The van der Waals surface area contributed by atoms with Gasteiger partial charge < -0.3 is 5.32 Å². The molecule has 0 saturated carbocycles. The van der Waals surface area contributed by atoms with Gasteiger partial charge in [0.15, 0.2) is 0 Å². The number of anilines is 1. The van der Waals surface area contributed by atoms with E-state index >= 15 is 0 Å². The van der Waals surface area contributed by atoms with Gasteiger partial charge in [0.05, 0.1) is 18.1 Å². The Hall–Kier alpha value is -1.82. The zero-order valence-electron chi connectivity index (χ0n) is 9.49. The smallest absolute Gasteiger partial charge is 0.285 e. The fourth-order valence-corrected chi connectivity index (χ4v) is 1.57. The Kier molecular flexibility index (Phi) is 3.14. The van der Waals surface area contributed by atoms with Crippen molar-refractivity contribution in [3.05, 3.63) is 39.0 Å². The maximum Gasteiger partial charge on any atom is 0.285 e. The molecular weight excluding hydrogens is 242 g/mol. The molecule has 0 aromatic carbocycles. The van der Waals surface area contributed by atoms with E-state index in [4.69, 9.17) is 11.6 Å². The standard InChI is InChI=1S/C10H12ClN5O/c1-6-7(4-14-16(6)2)3-12-8-5-13-15-10(17)9(8)11/h4-5H,3H2,1-2H3,(H2,12,15,17). The van der Waals surface area contributed by atoms with Crippen molar-refractivity contribution >= 4 is 17.3 Å². The number of aromatic amines is 1. The fourth-order valence-electron chi connectivity index (χ4n) is 1.41. The van der Waals surface area contributed by atoms with Gasteiger partial charge in [-0.05, 0) is 6.92 Å². The Bertz CT molecular complexity index is 589. The molecule has 90 valence electrons. The first-order chi connectivity index (χ1) is 8.09. The lowest BCUT2D eigenvalue weighted by Crippen LogP contribution is -2.12. The molecule has 6 nitrogen and oxygen atoms in total. The lowest BCUT2D eigenvalue weighted by Gasteiger charge is -2.06. The monoisotopic (exact) mass is 253 g/mol. The summed E-state index contributed by atoms with van der Waals surface area (Å²) in [6.07, 6.45) is 3.26. The van der Waals surface area contributed by atoms with Gasteiger partial charge in [-0.2, -0.15) is 10.2 Å².